The molecule has 0 amide bonds. The average molecular weight is 310 g/mol. The molecule has 0 spiro atoms. The van der Waals surface area contributed by atoms with Crippen LogP contribution in [-0.4, -0.2) is 29.4 Å². The molecule has 0 aromatic carbocycles. The summed E-state index contributed by atoms with van der Waals surface area (Å²) >= 11 is 0. The molecule has 0 heterocycles. The molecule has 0 radical (unpaired) electrons. The molecule has 0 aromatic rings. The second kappa shape index (κ2) is 6.19. The smallest absolute Gasteiger partial charge is 0.322 e. The molecule has 22 heavy (non-hydrogen) atoms. The Bertz CT molecular complexity index is 418. The van der Waals surface area contributed by atoms with Crippen molar-refractivity contribution in [2.75, 3.05) is 0 Å². The summed E-state index contributed by atoms with van der Waals surface area (Å²) in [7, 11) is 0. The van der Waals surface area contributed by atoms with Gasteiger partial charge in [-0.25, -0.2) is 0 Å². The third-order valence-electron chi connectivity index (χ3n) is 5.75. The lowest BCUT2D eigenvalue weighted by Crippen LogP contribution is -2.50. The van der Waals surface area contributed by atoms with Gasteiger partial charge in [0, 0.05) is 6.42 Å². The van der Waals surface area contributed by atoms with E-state index in [2.05, 4.69) is 0 Å². The van der Waals surface area contributed by atoms with Crippen LogP contribution in [0.1, 0.15) is 52.4 Å². The van der Waals surface area contributed by atoms with E-state index in [0.717, 1.165) is 11.8 Å². The first-order valence-corrected chi connectivity index (χ1v) is 8.56. The van der Waals surface area contributed by atoms with E-state index in [-0.39, 0.29) is 6.10 Å². The Morgan fingerprint density at radius 2 is 1.64 bits per heavy atom. The van der Waals surface area contributed by atoms with Crippen LogP contribution in [0.2, 0.25) is 0 Å². The molecule has 2 unspecified atom stereocenters. The molecule has 4 saturated carbocycles. The average Bonchev–Trinajstić information content (AvgIpc) is 2.47. The number of hydrogen-bond acceptors (Lipinski definition) is 4. The molecular weight excluding hydrogens is 284 g/mol. The van der Waals surface area contributed by atoms with Gasteiger partial charge in [0.15, 0.2) is 5.92 Å². The number of aliphatic carboxylic acids is 1. The molecule has 0 aliphatic heterocycles. The SMILES string of the molecule is CCC(OC(=O)C(C)C(=O)O)OC1C2CC3CC(C2)CC1C3. The fourth-order valence-corrected chi connectivity index (χ4v) is 4.81. The summed E-state index contributed by atoms with van der Waals surface area (Å²) in [6.07, 6.45) is 6.49. The maximum atomic E-state index is 11.8. The minimum atomic E-state index is -1.16. The summed E-state index contributed by atoms with van der Waals surface area (Å²) in [5.74, 6) is -0.0652. The largest absolute Gasteiger partial charge is 0.481 e. The molecule has 4 aliphatic rings. The predicted octanol–water partition coefficient (Wildman–Crippen LogP) is 2.83. The zero-order valence-corrected chi connectivity index (χ0v) is 13.4. The number of ether oxygens (including phenoxy) is 2. The van der Waals surface area contributed by atoms with Crippen LogP contribution in [0.5, 0.6) is 0 Å². The first kappa shape index (κ1) is 15.8. The second-order valence-corrected chi connectivity index (χ2v) is 7.37. The number of rotatable bonds is 6. The Labute approximate surface area is 131 Å². The summed E-state index contributed by atoms with van der Waals surface area (Å²) in [6.45, 7) is 3.25. The molecule has 4 rings (SSSR count). The van der Waals surface area contributed by atoms with Gasteiger partial charge in [0.05, 0.1) is 6.10 Å². The zero-order chi connectivity index (χ0) is 15.9. The highest BCUT2D eigenvalue weighted by Gasteiger charge is 2.49. The summed E-state index contributed by atoms with van der Waals surface area (Å²) in [4.78, 5) is 22.7. The van der Waals surface area contributed by atoms with Gasteiger partial charge in [-0.1, -0.05) is 6.92 Å². The van der Waals surface area contributed by atoms with Crippen LogP contribution in [0.15, 0.2) is 0 Å². The molecule has 4 aliphatic carbocycles. The highest BCUT2D eigenvalue weighted by atomic mass is 16.7. The van der Waals surface area contributed by atoms with Crippen molar-refractivity contribution in [3.63, 3.8) is 0 Å². The lowest BCUT2D eigenvalue weighted by molar-refractivity contribution is -0.227. The molecule has 0 saturated heterocycles. The number of carbonyl (C=O) groups excluding carboxylic acids is 1. The van der Waals surface area contributed by atoms with E-state index in [1.54, 1.807) is 0 Å². The van der Waals surface area contributed by atoms with E-state index < -0.39 is 24.1 Å². The maximum Gasteiger partial charge on any atom is 0.322 e. The number of carboxylic acids is 1. The van der Waals surface area contributed by atoms with Crippen LogP contribution >= 0.6 is 0 Å². The number of esters is 1. The normalized spacial score (nSPS) is 38.5. The second-order valence-electron chi connectivity index (χ2n) is 7.37. The molecule has 0 aromatic heterocycles. The maximum absolute atomic E-state index is 11.8. The van der Waals surface area contributed by atoms with Crippen molar-refractivity contribution in [2.45, 2.75) is 64.8 Å². The highest BCUT2D eigenvalue weighted by Crippen LogP contribution is 2.54. The van der Waals surface area contributed by atoms with Crippen LogP contribution in [0.3, 0.4) is 0 Å². The van der Waals surface area contributed by atoms with Crippen molar-refractivity contribution < 1.29 is 24.2 Å². The van der Waals surface area contributed by atoms with E-state index >= 15 is 0 Å². The van der Waals surface area contributed by atoms with Gasteiger partial charge in [0.25, 0.3) is 0 Å². The van der Waals surface area contributed by atoms with Crippen molar-refractivity contribution in [2.24, 2.45) is 29.6 Å². The Balaban J connectivity index is 1.59. The Hall–Kier alpha value is -1.10. The van der Waals surface area contributed by atoms with Gasteiger partial charge in [-0.3, -0.25) is 9.59 Å². The van der Waals surface area contributed by atoms with Gasteiger partial charge < -0.3 is 14.6 Å². The molecular formula is C17H26O5. The van der Waals surface area contributed by atoms with Crippen molar-refractivity contribution >= 4 is 11.9 Å². The molecule has 5 heteroatoms. The van der Waals surface area contributed by atoms with Gasteiger partial charge in [-0.2, -0.15) is 0 Å². The third-order valence-corrected chi connectivity index (χ3v) is 5.75. The van der Waals surface area contributed by atoms with Gasteiger partial charge in [0.1, 0.15) is 0 Å². The number of carboxylic acid groups (broad SMARTS) is 1. The monoisotopic (exact) mass is 310 g/mol. The van der Waals surface area contributed by atoms with Gasteiger partial charge in [-0.05, 0) is 62.7 Å². The van der Waals surface area contributed by atoms with E-state index in [1.807, 2.05) is 6.92 Å². The lowest BCUT2D eigenvalue weighted by atomic mass is 9.55. The molecule has 4 fully saturated rings. The van der Waals surface area contributed by atoms with Crippen LogP contribution < -0.4 is 0 Å². The first-order valence-electron chi connectivity index (χ1n) is 8.56. The summed E-state index contributed by atoms with van der Waals surface area (Å²) in [6, 6.07) is 0. The minimum absolute atomic E-state index is 0.186. The Morgan fingerprint density at radius 3 is 2.09 bits per heavy atom. The summed E-state index contributed by atoms with van der Waals surface area (Å²) in [5.41, 5.74) is 0. The molecule has 1 N–H and O–H groups in total. The number of hydrogen-bond donors (Lipinski definition) is 1. The minimum Gasteiger partial charge on any atom is -0.481 e. The van der Waals surface area contributed by atoms with Gasteiger partial charge >= 0.3 is 11.9 Å². The van der Waals surface area contributed by atoms with Crippen LogP contribution in [0, 0.1) is 29.6 Å². The van der Waals surface area contributed by atoms with Gasteiger partial charge in [-0.15, -0.1) is 0 Å². The van der Waals surface area contributed by atoms with Crippen molar-refractivity contribution in [3.8, 4) is 0 Å². The summed E-state index contributed by atoms with van der Waals surface area (Å²) < 4.78 is 11.4. The molecule has 2 atom stereocenters. The van der Waals surface area contributed by atoms with Crippen LogP contribution in [-0.2, 0) is 19.1 Å². The lowest BCUT2D eigenvalue weighted by Gasteiger charge is -2.54. The van der Waals surface area contributed by atoms with Crippen LogP contribution in [0.4, 0.5) is 0 Å². The van der Waals surface area contributed by atoms with Crippen molar-refractivity contribution in [3.05, 3.63) is 0 Å². The standard InChI is InChI=1S/C17H26O5/c1-3-14(22-17(20)9(2)16(18)19)21-15-12-5-10-4-11(7-12)8-13(15)6-10/h9-15H,3-8H2,1-2H3,(H,18,19). The van der Waals surface area contributed by atoms with E-state index in [4.69, 9.17) is 14.6 Å². The highest BCUT2D eigenvalue weighted by molar-refractivity contribution is 5.93. The van der Waals surface area contributed by atoms with E-state index in [1.165, 1.54) is 39.0 Å². The first-order chi connectivity index (χ1) is 10.5. The van der Waals surface area contributed by atoms with Gasteiger partial charge in [0.2, 0.25) is 6.29 Å². The van der Waals surface area contributed by atoms with Crippen molar-refractivity contribution in [1.82, 2.24) is 0 Å². The fraction of sp³-hybridized carbons (Fsp3) is 0.882. The van der Waals surface area contributed by atoms with Crippen molar-refractivity contribution in [1.29, 1.82) is 0 Å². The molecule has 124 valence electrons. The number of carbonyl (C=O) groups is 2. The van der Waals surface area contributed by atoms with E-state index in [0.29, 0.717) is 18.3 Å². The summed E-state index contributed by atoms with van der Waals surface area (Å²) in [5, 5.41) is 8.88. The molecule has 4 bridgehead atoms. The third kappa shape index (κ3) is 3.00. The predicted molar refractivity (Wildman–Crippen MR) is 78.9 cm³/mol. The zero-order valence-electron chi connectivity index (χ0n) is 13.4. The molecule has 5 nitrogen and oxygen atoms in total. The Morgan fingerprint density at radius 1 is 1.09 bits per heavy atom. The van der Waals surface area contributed by atoms with E-state index in [9.17, 15) is 9.59 Å². The topological polar surface area (TPSA) is 72.8 Å². The van der Waals surface area contributed by atoms with Crippen LogP contribution in [0.25, 0.3) is 0 Å². The quantitative estimate of drug-likeness (QED) is 0.464. The fourth-order valence-electron chi connectivity index (χ4n) is 4.81. The Kier molecular flexibility index (Phi) is 4.44.